The number of nitrogens with zero attached hydrogens (tertiary/aromatic N) is 3. The van der Waals surface area contributed by atoms with Crippen molar-refractivity contribution in [3.63, 3.8) is 0 Å². The minimum atomic E-state index is -4.51. The molecule has 3 aromatic rings. The number of carbonyl (C=O) groups excluding carboxylic acids is 1. The van der Waals surface area contributed by atoms with Crippen LogP contribution in [-0.2, 0) is 28.3 Å². The van der Waals surface area contributed by atoms with E-state index < -0.39 is 27.5 Å². The Bertz CT molecular complexity index is 1120. The Morgan fingerprint density at radius 3 is 2.39 bits per heavy atom. The highest BCUT2D eigenvalue weighted by Crippen LogP contribution is 2.29. The van der Waals surface area contributed by atoms with Crippen LogP contribution in [-0.4, -0.2) is 35.2 Å². The molecular weight excluding hydrogens is 397 g/mol. The Morgan fingerprint density at radius 2 is 1.79 bits per heavy atom. The first-order valence-electron chi connectivity index (χ1n) is 7.99. The SMILES string of the molecule is CS(=O)(=O)Cc1ccc(C(=O)NCc2nnc3ccc(C(F)(F)F)cn23)cc1. The molecule has 0 saturated carbocycles. The number of fused-ring (bicyclic) bond motifs is 1. The Morgan fingerprint density at radius 1 is 1.11 bits per heavy atom. The van der Waals surface area contributed by atoms with Gasteiger partial charge in [0, 0.05) is 18.0 Å². The Labute approximate surface area is 158 Å². The van der Waals surface area contributed by atoms with E-state index in [1.165, 1.54) is 30.3 Å². The number of alkyl halides is 3. The molecule has 0 aliphatic heterocycles. The van der Waals surface area contributed by atoms with Crippen LogP contribution in [0.25, 0.3) is 5.65 Å². The van der Waals surface area contributed by atoms with Gasteiger partial charge in [0.05, 0.1) is 17.9 Å². The van der Waals surface area contributed by atoms with Crippen molar-refractivity contribution in [3.8, 4) is 0 Å². The van der Waals surface area contributed by atoms with Gasteiger partial charge in [0.2, 0.25) is 0 Å². The Balaban J connectivity index is 1.72. The summed E-state index contributed by atoms with van der Waals surface area (Å²) in [7, 11) is -3.18. The van der Waals surface area contributed by atoms with Crippen LogP contribution in [0.2, 0.25) is 0 Å². The molecule has 0 spiro atoms. The molecule has 0 saturated heterocycles. The molecule has 0 bridgehead atoms. The molecule has 148 valence electrons. The van der Waals surface area contributed by atoms with Crippen LogP contribution in [0.5, 0.6) is 0 Å². The highest BCUT2D eigenvalue weighted by atomic mass is 32.2. The van der Waals surface area contributed by atoms with Gasteiger partial charge in [0.25, 0.3) is 5.91 Å². The second kappa shape index (κ2) is 7.23. The third-order valence-corrected chi connectivity index (χ3v) is 4.71. The summed E-state index contributed by atoms with van der Waals surface area (Å²) in [5, 5.41) is 10.1. The van der Waals surface area contributed by atoms with Crippen molar-refractivity contribution in [2.24, 2.45) is 0 Å². The van der Waals surface area contributed by atoms with E-state index in [0.29, 0.717) is 5.56 Å². The van der Waals surface area contributed by atoms with E-state index in [-0.39, 0.29) is 29.3 Å². The van der Waals surface area contributed by atoms with Gasteiger partial charge in [-0.15, -0.1) is 10.2 Å². The van der Waals surface area contributed by atoms with Gasteiger partial charge >= 0.3 is 6.18 Å². The summed E-state index contributed by atoms with van der Waals surface area (Å²) in [6, 6.07) is 8.10. The number of hydrogen-bond acceptors (Lipinski definition) is 5. The van der Waals surface area contributed by atoms with Gasteiger partial charge in [-0.2, -0.15) is 13.2 Å². The van der Waals surface area contributed by atoms with E-state index in [9.17, 15) is 26.4 Å². The highest BCUT2D eigenvalue weighted by molar-refractivity contribution is 7.89. The zero-order chi connectivity index (χ0) is 20.5. The summed E-state index contributed by atoms with van der Waals surface area (Å²) in [4.78, 5) is 12.2. The number of halogens is 3. The van der Waals surface area contributed by atoms with Crippen molar-refractivity contribution in [1.82, 2.24) is 19.9 Å². The van der Waals surface area contributed by atoms with Gasteiger partial charge in [-0.1, -0.05) is 12.1 Å². The predicted molar refractivity (Wildman–Crippen MR) is 94.1 cm³/mol. The first kappa shape index (κ1) is 19.8. The molecule has 1 N–H and O–H groups in total. The summed E-state index contributed by atoms with van der Waals surface area (Å²) < 4.78 is 62.3. The van der Waals surface area contributed by atoms with E-state index in [1.54, 1.807) is 0 Å². The van der Waals surface area contributed by atoms with Crippen molar-refractivity contribution in [2.45, 2.75) is 18.5 Å². The van der Waals surface area contributed by atoms with Crippen molar-refractivity contribution in [1.29, 1.82) is 0 Å². The van der Waals surface area contributed by atoms with Crippen LogP contribution in [0.15, 0.2) is 42.6 Å². The van der Waals surface area contributed by atoms with Crippen LogP contribution in [0.4, 0.5) is 13.2 Å². The Hall–Kier alpha value is -2.95. The van der Waals surface area contributed by atoms with Crippen LogP contribution >= 0.6 is 0 Å². The van der Waals surface area contributed by atoms with Crippen molar-refractivity contribution in [2.75, 3.05) is 6.26 Å². The molecule has 1 amide bonds. The maximum atomic E-state index is 12.9. The van der Waals surface area contributed by atoms with Crippen LogP contribution < -0.4 is 5.32 Å². The number of carbonyl (C=O) groups is 1. The highest BCUT2D eigenvalue weighted by Gasteiger charge is 2.31. The van der Waals surface area contributed by atoms with Crippen molar-refractivity contribution in [3.05, 3.63) is 65.1 Å². The number of amides is 1. The first-order valence-corrected chi connectivity index (χ1v) is 10.0. The van der Waals surface area contributed by atoms with Gasteiger partial charge in [-0.05, 0) is 29.8 Å². The second-order valence-corrected chi connectivity index (χ2v) is 8.35. The number of nitrogens with one attached hydrogen (secondary N) is 1. The summed E-state index contributed by atoms with van der Waals surface area (Å²) in [5.74, 6) is -0.472. The minimum absolute atomic E-state index is 0.133. The lowest BCUT2D eigenvalue weighted by Crippen LogP contribution is -2.24. The topological polar surface area (TPSA) is 93.4 Å². The number of aromatic nitrogens is 3. The molecule has 28 heavy (non-hydrogen) atoms. The van der Waals surface area contributed by atoms with E-state index in [0.717, 1.165) is 22.9 Å². The molecule has 7 nitrogen and oxygen atoms in total. The van der Waals surface area contributed by atoms with Crippen molar-refractivity contribution < 1.29 is 26.4 Å². The Kier molecular flexibility index (Phi) is 5.11. The van der Waals surface area contributed by atoms with Crippen LogP contribution in [0.3, 0.4) is 0 Å². The average molecular weight is 412 g/mol. The van der Waals surface area contributed by atoms with Gasteiger partial charge in [0.1, 0.15) is 0 Å². The third kappa shape index (κ3) is 4.66. The van der Waals surface area contributed by atoms with Gasteiger partial charge in [-0.3, -0.25) is 9.20 Å². The quantitative estimate of drug-likeness (QED) is 0.694. The minimum Gasteiger partial charge on any atom is -0.345 e. The molecule has 0 aliphatic carbocycles. The van der Waals surface area contributed by atoms with Crippen LogP contribution in [0, 0.1) is 0 Å². The molecule has 1 aromatic carbocycles. The van der Waals surface area contributed by atoms with Gasteiger partial charge in [-0.25, -0.2) is 8.42 Å². The smallest absolute Gasteiger partial charge is 0.345 e. The summed E-state index contributed by atoms with van der Waals surface area (Å²) in [6.07, 6.45) is -2.52. The summed E-state index contributed by atoms with van der Waals surface area (Å²) in [6.45, 7) is -0.133. The maximum Gasteiger partial charge on any atom is 0.417 e. The van der Waals surface area contributed by atoms with Gasteiger partial charge < -0.3 is 5.32 Å². The second-order valence-electron chi connectivity index (χ2n) is 6.21. The molecule has 0 aliphatic rings. The lowest BCUT2D eigenvalue weighted by atomic mass is 10.1. The summed E-state index contributed by atoms with van der Waals surface area (Å²) in [5.41, 5.74) is 0.195. The zero-order valence-corrected chi connectivity index (χ0v) is 15.4. The third-order valence-electron chi connectivity index (χ3n) is 3.85. The maximum absolute atomic E-state index is 12.9. The normalized spacial score (nSPS) is 12.3. The zero-order valence-electron chi connectivity index (χ0n) is 14.6. The predicted octanol–water partition coefficient (Wildman–Crippen LogP) is 2.22. The largest absolute Gasteiger partial charge is 0.417 e. The standard InChI is InChI=1S/C17H15F3N4O3S/c1-28(26,27)10-11-2-4-12(5-3-11)16(25)21-8-15-23-22-14-7-6-13(9-24(14)15)17(18,19)20/h2-7,9H,8,10H2,1H3,(H,21,25). The fourth-order valence-electron chi connectivity index (χ4n) is 2.54. The number of benzene rings is 1. The van der Waals surface area contributed by atoms with E-state index in [4.69, 9.17) is 0 Å². The van der Waals surface area contributed by atoms with E-state index in [1.807, 2.05) is 0 Å². The monoisotopic (exact) mass is 412 g/mol. The number of pyridine rings is 1. The molecule has 2 aromatic heterocycles. The van der Waals surface area contributed by atoms with E-state index >= 15 is 0 Å². The average Bonchev–Trinajstić information content (AvgIpc) is 3.00. The molecule has 0 fully saturated rings. The molecule has 0 atom stereocenters. The number of rotatable bonds is 5. The number of hydrogen-bond donors (Lipinski definition) is 1. The van der Waals surface area contributed by atoms with Crippen molar-refractivity contribution >= 4 is 21.4 Å². The molecule has 0 unspecified atom stereocenters. The number of sulfone groups is 1. The molecular formula is C17H15F3N4O3S. The lowest BCUT2D eigenvalue weighted by Gasteiger charge is -2.08. The van der Waals surface area contributed by atoms with E-state index in [2.05, 4.69) is 15.5 Å². The lowest BCUT2D eigenvalue weighted by molar-refractivity contribution is -0.137. The fourth-order valence-corrected chi connectivity index (χ4v) is 3.34. The van der Waals surface area contributed by atoms with Gasteiger partial charge in [0.15, 0.2) is 21.3 Å². The fraction of sp³-hybridized carbons (Fsp3) is 0.235. The molecule has 11 heteroatoms. The first-order chi connectivity index (χ1) is 13.0. The molecule has 2 heterocycles. The van der Waals surface area contributed by atoms with Crippen LogP contribution in [0.1, 0.15) is 27.3 Å². The molecule has 0 radical (unpaired) electrons. The molecule has 3 rings (SSSR count). The summed E-state index contributed by atoms with van der Waals surface area (Å²) >= 11 is 0.